The summed E-state index contributed by atoms with van der Waals surface area (Å²) < 4.78 is 43.0. The monoisotopic (exact) mass is 412 g/mol. The molecule has 0 amide bonds. The van der Waals surface area contributed by atoms with Gasteiger partial charge in [0.15, 0.2) is 11.5 Å². The van der Waals surface area contributed by atoms with Crippen molar-refractivity contribution in [2.24, 2.45) is 0 Å². The molecular formula is C21H21FN4O2S. The number of rotatable bonds is 6. The molecule has 0 atom stereocenters. The Kier molecular flexibility index (Phi) is 4.96. The third-order valence-corrected chi connectivity index (χ3v) is 6.11. The predicted octanol–water partition coefficient (Wildman–Crippen LogP) is 4.63. The molecule has 0 saturated carbocycles. The quantitative estimate of drug-likeness (QED) is 0.501. The molecule has 0 aliphatic heterocycles. The van der Waals surface area contributed by atoms with Gasteiger partial charge in [0, 0.05) is 11.9 Å². The van der Waals surface area contributed by atoms with Crippen LogP contribution in [0.15, 0.2) is 53.4 Å². The average molecular weight is 412 g/mol. The smallest absolute Gasteiger partial charge is 0.261 e. The van der Waals surface area contributed by atoms with Crippen LogP contribution in [-0.2, 0) is 16.6 Å². The largest absolute Gasteiger partial charge is 0.263 e. The standard InChI is InChI=1S/C21H21FN4O2S/c1-3-4-11-26-21-18(13-15-6-5-14(2)12-19(15)23-21)20(24-26)25-29(27,28)17-9-7-16(22)8-10-17/h5-10,12-13H,3-4,11H2,1-2H3,(H,24,25). The van der Waals surface area contributed by atoms with Gasteiger partial charge in [0.05, 0.1) is 15.8 Å². The second kappa shape index (κ2) is 7.44. The van der Waals surface area contributed by atoms with E-state index in [0.29, 0.717) is 17.6 Å². The van der Waals surface area contributed by atoms with Crippen LogP contribution in [0.2, 0.25) is 0 Å². The van der Waals surface area contributed by atoms with E-state index in [0.717, 1.165) is 41.4 Å². The van der Waals surface area contributed by atoms with E-state index in [4.69, 9.17) is 4.98 Å². The number of hydrogen-bond acceptors (Lipinski definition) is 4. The number of sulfonamides is 1. The number of hydrogen-bond donors (Lipinski definition) is 1. The summed E-state index contributed by atoms with van der Waals surface area (Å²) in [5.74, 6) is -0.278. The summed E-state index contributed by atoms with van der Waals surface area (Å²) in [5.41, 5.74) is 2.57. The molecule has 1 N–H and O–H groups in total. The van der Waals surface area contributed by atoms with E-state index < -0.39 is 15.8 Å². The highest BCUT2D eigenvalue weighted by Crippen LogP contribution is 2.28. The van der Waals surface area contributed by atoms with Gasteiger partial charge in [-0.2, -0.15) is 5.10 Å². The van der Waals surface area contributed by atoms with Crippen molar-refractivity contribution in [1.82, 2.24) is 14.8 Å². The molecule has 2 aromatic heterocycles. The molecule has 2 heterocycles. The van der Waals surface area contributed by atoms with Crippen LogP contribution in [0.4, 0.5) is 10.2 Å². The third-order valence-electron chi connectivity index (χ3n) is 4.75. The summed E-state index contributed by atoms with van der Waals surface area (Å²) in [7, 11) is -3.91. The molecule has 150 valence electrons. The van der Waals surface area contributed by atoms with Crippen LogP contribution in [0.25, 0.3) is 21.9 Å². The molecule has 0 saturated heterocycles. The lowest BCUT2D eigenvalue weighted by molar-refractivity contribution is 0.584. The summed E-state index contributed by atoms with van der Waals surface area (Å²) in [5, 5.41) is 6.02. The first-order valence-corrected chi connectivity index (χ1v) is 10.9. The zero-order valence-corrected chi connectivity index (χ0v) is 17.0. The Labute approximate surface area is 168 Å². The summed E-state index contributed by atoms with van der Waals surface area (Å²) in [6, 6.07) is 12.5. The normalized spacial score (nSPS) is 12.0. The molecule has 6 nitrogen and oxygen atoms in total. The van der Waals surface area contributed by atoms with Gasteiger partial charge in [-0.25, -0.2) is 22.5 Å². The van der Waals surface area contributed by atoms with Crippen molar-refractivity contribution in [2.75, 3.05) is 4.72 Å². The topological polar surface area (TPSA) is 76.9 Å². The highest BCUT2D eigenvalue weighted by Gasteiger charge is 2.20. The van der Waals surface area contributed by atoms with Gasteiger partial charge >= 0.3 is 0 Å². The van der Waals surface area contributed by atoms with E-state index in [1.807, 2.05) is 31.2 Å². The fourth-order valence-corrected chi connectivity index (χ4v) is 4.22. The first-order valence-electron chi connectivity index (χ1n) is 9.44. The van der Waals surface area contributed by atoms with Crippen molar-refractivity contribution in [3.05, 3.63) is 59.9 Å². The van der Waals surface area contributed by atoms with Gasteiger partial charge in [-0.1, -0.05) is 25.5 Å². The van der Waals surface area contributed by atoms with Crippen molar-refractivity contribution < 1.29 is 12.8 Å². The van der Waals surface area contributed by atoms with Crippen molar-refractivity contribution in [1.29, 1.82) is 0 Å². The number of nitrogens with one attached hydrogen (secondary N) is 1. The zero-order chi connectivity index (χ0) is 20.6. The van der Waals surface area contributed by atoms with Gasteiger partial charge in [0.2, 0.25) is 0 Å². The van der Waals surface area contributed by atoms with Gasteiger partial charge in [-0.3, -0.25) is 4.72 Å². The molecule has 4 rings (SSSR count). The molecule has 0 spiro atoms. The van der Waals surface area contributed by atoms with E-state index in [1.165, 1.54) is 12.1 Å². The first kappa shape index (κ1) is 19.3. The fourth-order valence-electron chi connectivity index (χ4n) is 3.20. The Morgan fingerprint density at radius 1 is 1.10 bits per heavy atom. The Hall–Kier alpha value is -3.00. The molecular weight excluding hydrogens is 391 g/mol. The number of unbranched alkanes of at least 4 members (excludes halogenated alkanes) is 1. The van der Waals surface area contributed by atoms with Crippen molar-refractivity contribution in [2.45, 2.75) is 38.1 Å². The van der Waals surface area contributed by atoms with E-state index in [-0.39, 0.29) is 10.7 Å². The molecule has 0 radical (unpaired) electrons. The number of aryl methyl sites for hydroxylation is 2. The molecule has 0 aliphatic carbocycles. The van der Waals surface area contributed by atoms with Crippen LogP contribution in [0.1, 0.15) is 25.3 Å². The third kappa shape index (κ3) is 3.80. The Bertz CT molecular complexity index is 1300. The zero-order valence-electron chi connectivity index (χ0n) is 16.2. The lowest BCUT2D eigenvalue weighted by Crippen LogP contribution is -2.14. The van der Waals surface area contributed by atoms with Crippen molar-refractivity contribution >= 4 is 37.8 Å². The average Bonchev–Trinajstić information content (AvgIpc) is 3.00. The van der Waals surface area contributed by atoms with Crippen LogP contribution in [0.3, 0.4) is 0 Å². The number of fused-ring (bicyclic) bond motifs is 2. The number of benzene rings is 2. The van der Waals surface area contributed by atoms with E-state index in [9.17, 15) is 12.8 Å². The lowest BCUT2D eigenvalue weighted by Gasteiger charge is -2.06. The molecule has 2 aromatic carbocycles. The van der Waals surface area contributed by atoms with Crippen molar-refractivity contribution in [3.8, 4) is 0 Å². The maximum Gasteiger partial charge on any atom is 0.263 e. The minimum atomic E-state index is -3.91. The van der Waals surface area contributed by atoms with Crippen LogP contribution in [0.5, 0.6) is 0 Å². The summed E-state index contributed by atoms with van der Waals surface area (Å²) in [4.78, 5) is 4.71. The van der Waals surface area contributed by atoms with Crippen LogP contribution >= 0.6 is 0 Å². The van der Waals surface area contributed by atoms with Crippen LogP contribution < -0.4 is 4.72 Å². The molecule has 0 fully saturated rings. The first-order chi connectivity index (χ1) is 13.9. The van der Waals surface area contributed by atoms with Crippen LogP contribution in [0, 0.1) is 12.7 Å². The minimum absolute atomic E-state index is 0.0282. The van der Waals surface area contributed by atoms with Gasteiger partial charge in [-0.05, 0) is 55.3 Å². The van der Waals surface area contributed by atoms with E-state index in [2.05, 4.69) is 16.7 Å². The van der Waals surface area contributed by atoms with Gasteiger partial charge in [-0.15, -0.1) is 0 Å². The summed E-state index contributed by atoms with van der Waals surface area (Å²) in [6.45, 7) is 4.72. The number of halogens is 1. The maximum absolute atomic E-state index is 13.2. The molecule has 0 unspecified atom stereocenters. The van der Waals surface area contributed by atoms with Crippen LogP contribution in [-0.4, -0.2) is 23.2 Å². The van der Waals surface area contributed by atoms with Crippen molar-refractivity contribution in [3.63, 3.8) is 0 Å². The molecule has 4 aromatic rings. The molecule has 8 heteroatoms. The molecule has 0 aliphatic rings. The fraction of sp³-hybridized carbons (Fsp3) is 0.238. The summed E-state index contributed by atoms with van der Waals surface area (Å²) >= 11 is 0. The number of nitrogens with zero attached hydrogens (tertiary/aromatic N) is 3. The summed E-state index contributed by atoms with van der Waals surface area (Å²) in [6.07, 6.45) is 1.87. The molecule has 29 heavy (non-hydrogen) atoms. The number of pyridine rings is 1. The minimum Gasteiger partial charge on any atom is -0.261 e. The van der Waals surface area contributed by atoms with Gasteiger partial charge in [0.25, 0.3) is 10.0 Å². The second-order valence-electron chi connectivity index (χ2n) is 7.04. The second-order valence-corrected chi connectivity index (χ2v) is 8.72. The SMILES string of the molecule is CCCCn1nc(NS(=O)(=O)c2ccc(F)cc2)c2cc3ccc(C)cc3nc21. The predicted molar refractivity (Wildman–Crippen MR) is 112 cm³/mol. The maximum atomic E-state index is 13.2. The van der Waals surface area contributed by atoms with Gasteiger partial charge in [0.1, 0.15) is 5.82 Å². The number of anilines is 1. The highest BCUT2D eigenvalue weighted by molar-refractivity contribution is 7.92. The Morgan fingerprint density at radius 3 is 2.59 bits per heavy atom. The van der Waals surface area contributed by atoms with E-state index in [1.54, 1.807) is 4.68 Å². The molecule has 0 bridgehead atoms. The number of aromatic nitrogens is 3. The Balaban J connectivity index is 1.84. The highest BCUT2D eigenvalue weighted by atomic mass is 32.2. The lowest BCUT2D eigenvalue weighted by atomic mass is 10.1. The Morgan fingerprint density at radius 2 is 1.86 bits per heavy atom. The van der Waals surface area contributed by atoms with E-state index >= 15 is 0 Å². The van der Waals surface area contributed by atoms with Gasteiger partial charge < -0.3 is 0 Å².